The summed E-state index contributed by atoms with van der Waals surface area (Å²) in [6, 6.07) is 7.73. The van der Waals surface area contributed by atoms with E-state index in [0.29, 0.717) is 17.6 Å². The topological polar surface area (TPSA) is 61.4 Å². The fraction of sp³-hybridized carbons (Fsp3) is 0.467. The third-order valence-corrected chi connectivity index (χ3v) is 3.57. The Morgan fingerprint density at radius 1 is 1.24 bits per heavy atom. The molecule has 21 heavy (non-hydrogen) atoms. The molecule has 2 rings (SSSR count). The molecule has 0 radical (unpaired) electrons. The standard InChI is InChI=1S/C15H20ClN3O2/c1-19(10-15(21)18-12-6-7-12)9-14(20)17-8-11-4-2-3-5-13(11)16/h2-5,12H,6-10H2,1H3,(H,17,20)(H,18,21). The summed E-state index contributed by atoms with van der Waals surface area (Å²) in [6.07, 6.45) is 2.13. The molecule has 1 aliphatic carbocycles. The first-order valence-electron chi connectivity index (χ1n) is 7.02. The van der Waals surface area contributed by atoms with Crippen LogP contribution in [0.3, 0.4) is 0 Å². The van der Waals surface area contributed by atoms with Gasteiger partial charge in [0.05, 0.1) is 13.1 Å². The van der Waals surface area contributed by atoms with Gasteiger partial charge in [0.2, 0.25) is 11.8 Å². The average molecular weight is 310 g/mol. The van der Waals surface area contributed by atoms with Crippen LogP contribution < -0.4 is 10.6 Å². The quantitative estimate of drug-likeness (QED) is 0.795. The van der Waals surface area contributed by atoms with Gasteiger partial charge in [0, 0.05) is 17.6 Å². The molecule has 0 atom stereocenters. The second kappa shape index (κ2) is 7.43. The number of rotatable bonds is 7. The van der Waals surface area contributed by atoms with E-state index in [4.69, 9.17) is 11.6 Å². The number of benzene rings is 1. The van der Waals surface area contributed by atoms with Gasteiger partial charge in [-0.05, 0) is 31.5 Å². The molecule has 1 aromatic carbocycles. The molecular weight excluding hydrogens is 290 g/mol. The Morgan fingerprint density at radius 2 is 1.90 bits per heavy atom. The maximum Gasteiger partial charge on any atom is 0.234 e. The van der Waals surface area contributed by atoms with Crippen LogP contribution in [0.1, 0.15) is 18.4 Å². The first kappa shape index (κ1) is 15.8. The lowest BCUT2D eigenvalue weighted by molar-refractivity contribution is -0.124. The Labute approximate surface area is 129 Å². The maximum atomic E-state index is 11.8. The predicted molar refractivity (Wildman–Crippen MR) is 82.0 cm³/mol. The summed E-state index contributed by atoms with van der Waals surface area (Å²) in [7, 11) is 1.75. The fourth-order valence-electron chi connectivity index (χ4n) is 1.94. The van der Waals surface area contributed by atoms with Crippen LogP contribution in [0.2, 0.25) is 5.02 Å². The highest BCUT2D eigenvalue weighted by Crippen LogP contribution is 2.18. The molecule has 0 saturated heterocycles. The Balaban J connectivity index is 1.68. The molecular formula is C15H20ClN3O2. The Bertz CT molecular complexity index is 517. The Morgan fingerprint density at radius 3 is 2.57 bits per heavy atom. The zero-order valence-electron chi connectivity index (χ0n) is 12.1. The van der Waals surface area contributed by atoms with Gasteiger partial charge in [0.25, 0.3) is 0 Å². The van der Waals surface area contributed by atoms with E-state index in [1.54, 1.807) is 18.0 Å². The van der Waals surface area contributed by atoms with E-state index in [1.807, 2.05) is 18.2 Å². The van der Waals surface area contributed by atoms with Crippen LogP contribution in [0.4, 0.5) is 0 Å². The molecule has 0 spiro atoms. The van der Waals surface area contributed by atoms with E-state index >= 15 is 0 Å². The second-order valence-corrected chi connectivity index (χ2v) is 5.79. The van der Waals surface area contributed by atoms with Crippen LogP contribution in [0.5, 0.6) is 0 Å². The van der Waals surface area contributed by atoms with Crippen molar-refractivity contribution in [2.24, 2.45) is 0 Å². The van der Waals surface area contributed by atoms with Crippen molar-refractivity contribution >= 4 is 23.4 Å². The lowest BCUT2D eigenvalue weighted by Crippen LogP contribution is -2.41. The van der Waals surface area contributed by atoms with Gasteiger partial charge in [-0.15, -0.1) is 0 Å². The molecule has 1 aliphatic rings. The molecule has 114 valence electrons. The zero-order valence-corrected chi connectivity index (χ0v) is 12.8. The number of nitrogens with zero attached hydrogens (tertiary/aromatic N) is 1. The highest BCUT2D eigenvalue weighted by Gasteiger charge is 2.23. The van der Waals surface area contributed by atoms with E-state index < -0.39 is 0 Å². The number of hydrogen-bond donors (Lipinski definition) is 2. The summed E-state index contributed by atoms with van der Waals surface area (Å²) < 4.78 is 0. The van der Waals surface area contributed by atoms with Crippen LogP contribution in [0.25, 0.3) is 0 Å². The van der Waals surface area contributed by atoms with Gasteiger partial charge >= 0.3 is 0 Å². The molecule has 2 N–H and O–H groups in total. The highest BCUT2D eigenvalue weighted by atomic mass is 35.5. The summed E-state index contributed by atoms with van der Waals surface area (Å²) in [5, 5.41) is 6.33. The zero-order chi connectivity index (χ0) is 15.2. The maximum absolute atomic E-state index is 11.8. The number of hydrogen-bond acceptors (Lipinski definition) is 3. The van der Waals surface area contributed by atoms with Gasteiger partial charge in [-0.25, -0.2) is 0 Å². The van der Waals surface area contributed by atoms with E-state index in [9.17, 15) is 9.59 Å². The molecule has 6 heteroatoms. The number of carbonyl (C=O) groups excluding carboxylic acids is 2. The molecule has 0 heterocycles. The van der Waals surface area contributed by atoms with Crippen LogP contribution in [-0.2, 0) is 16.1 Å². The first-order valence-corrected chi connectivity index (χ1v) is 7.40. The molecule has 5 nitrogen and oxygen atoms in total. The summed E-state index contributed by atoms with van der Waals surface area (Å²) in [6.45, 7) is 0.805. The Kier molecular flexibility index (Phi) is 5.59. The summed E-state index contributed by atoms with van der Waals surface area (Å²) in [5.41, 5.74) is 0.877. The van der Waals surface area contributed by atoms with Gasteiger partial charge in [0.1, 0.15) is 0 Å². The third kappa shape index (κ3) is 5.73. The van der Waals surface area contributed by atoms with Crippen molar-refractivity contribution < 1.29 is 9.59 Å². The number of likely N-dealkylation sites (N-methyl/N-ethyl adjacent to an activating group) is 1. The lowest BCUT2D eigenvalue weighted by atomic mass is 10.2. The number of amides is 2. The summed E-state index contributed by atoms with van der Waals surface area (Å²) in [5.74, 6) is -0.157. The lowest BCUT2D eigenvalue weighted by Gasteiger charge is -2.16. The van der Waals surface area contributed by atoms with E-state index in [2.05, 4.69) is 10.6 Å². The van der Waals surface area contributed by atoms with Crippen LogP contribution in [0.15, 0.2) is 24.3 Å². The molecule has 1 saturated carbocycles. The van der Waals surface area contributed by atoms with Gasteiger partial charge < -0.3 is 10.6 Å². The summed E-state index contributed by atoms with van der Waals surface area (Å²) in [4.78, 5) is 25.1. The normalized spacial score (nSPS) is 14.0. The molecule has 0 aliphatic heterocycles. The molecule has 0 aromatic heterocycles. The van der Waals surface area contributed by atoms with E-state index in [0.717, 1.165) is 18.4 Å². The minimum atomic E-state index is -0.128. The van der Waals surface area contributed by atoms with Crippen LogP contribution >= 0.6 is 11.6 Å². The fourth-order valence-corrected chi connectivity index (χ4v) is 2.14. The first-order chi connectivity index (χ1) is 10.0. The van der Waals surface area contributed by atoms with Gasteiger partial charge in [0.15, 0.2) is 0 Å². The van der Waals surface area contributed by atoms with Crippen molar-refractivity contribution in [3.05, 3.63) is 34.9 Å². The number of halogens is 1. The van der Waals surface area contributed by atoms with Crippen molar-refractivity contribution in [3.63, 3.8) is 0 Å². The van der Waals surface area contributed by atoms with Gasteiger partial charge in [-0.2, -0.15) is 0 Å². The molecule has 2 amide bonds. The molecule has 1 aromatic rings. The highest BCUT2D eigenvalue weighted by molar-refractivity contribution is 6.31. The summed E-state index contributed by atoms with van der Waals surface area (Å²) >= 11 is 6.02. The monoisotopic (exact) mass is 309 g/mol. The van der Waals surface area contributed by atoms with Crippen molar-refractivity contribution in [3.8, 4) is 0 Å². The van der Waals surface area contributed by atoms with Crippen LogP contribution in [-0.4, -0.2) is 42.9 Å². The third-order valence-electron chi connectivity index (χ3n) is 3.20. The van der Waals surface area contributed by atoms with Crippen LogP contribution in [0, 0.1) is 0 Å². The number of nitrogens with one attached hydrogen (secondary N) is 2. The van der Waals surface area contributed by atoms with Crippen molar-refractivity contribution in [2.45, 2.75) is 25.4 Å². The molecule has 1 fully saturated rings. The van der Waals surface area contributed by atoms with Gasteiger partial charge in [-0.1, -0.05) is 29.8 Å². The SMILES string of the molecule is CN(CC(=O)NCc1ccccc1Cl)CC(=O)NC1CC1. The van der Waals surface area contributed by atoms with Gasteiger partial charge in [-0.3, -0.25) is 14.5 Å². The molecule has 0 bridgehead atoms. The van der Waals surface area contributed by atoms with E-state index in [-0.39, 0.29) is 24.9 Å². The second-order valence-electron chi connectivity index (χ2n) is 5.38. The predicted octanol–water partition coefficient (Wildman–Crippen LogP) is 1.17. The largest absolute Gasteiger partial charge is 0.352 e. The van der Waals surface area contributed by atoms with Crippen molar-refractivity contribution in [2.75, 3.05) is 20.1 Å². The minimum absolute atomic E-state index is 0.0288. The van der Waals surface area contributed by atoms with Crippen molar-refractivity contribution in [1.29, 1.82) is 0 Å². The van der Waals surface area contributed by atoms with E-state index in [1.165, 1.54) is 0 Å². The Hall–Kier alpha value is -1.59. The number of carbonyl (C=O) groups is 2. The smallest absolute Gasteiger partial charge is 0.234 e. The average Bonchev–Trinajstić information content (AvgIpc) is 3.21. The van der Waals surface area contributed by atoms with Crippen molar-refractivity contribution in [1.82, 2.24) is 15.5 Å². The molecule has 0 unspecified atom stereocenters. The minimum Gasteiger partial charge on any atom is -0.352 e.